The summed E-state index contributed by atoms with van der Waals surface area (Å²) >= 11 is 0. The normalized spacial score (nSPS) is 11.8. The Morgan fingerprint density at radius 3 is 2.43 bits per heavy atom. The molecule has 5 heteroatoms. The van der Waals surface area contributed by atoms with Gasteiger partial charge in [-0.2, -0.15) is 0 Å². The van der Waals surface area contributed by atoms with Crippen LogP contribution in [-0.4, -0.2) is 11.8 Å². The van der Waals surface area contributed by atoms with Gasteiger partial charge in [0, 0.05) is 0 Å². The van der Waals surface area contributed by atoms with E-state index in [1.807, 2.05) is 20.8 Å². The van der Waals surface area contributed by atoms with Crippen molar-refractivity contribution < 1.29 is 14.0 Å². The third kappa shape index (κ3) is 4.22. The molecule has 0 radical (unpaired) electrons. The zero-order chi connectivity index (χ0) is 17.0. The molecule has 2 amide bonds. The summed E-state index contributed by atoms with van der Waals surface area (Å²) in [7, 11) is 0. The largest absolute Gasteiger partial charge is 0.467 e. The van der Waals surface area contributed by atoms with Crippen LogP contribution in [0.1, 0.15) is 41.0 Å². The number of carbonyl (C=O) groups is 2. The van der Waals surface area contributed by atoms with Gasteiger partial charge in [0.25, 0.3) is 0 Å². The smallest absolute Gasteiger partial charge is 0.309 e. The summed E-state index contributed by atoms with van der Waals surface area (Å²) in [6.45, 7) is 8.15. The lowest BCUT2D eigenvalue weighted by molar-refractivity contribution is -0.139. The van der Waals surface area contributed by atoms with Crippen molar-refractivity contribution in [2.24, 2.45) is 0 Å². The summed E-state index contributed by atoms with van der Waals surface area (Å²) in [5.74, 6) is -0.722. The van der Waals surface area contributed by atoms with Crippen molar-refractivity contribution in [3.05, 3.63) is 58.5 Å². The molecule has 5 nitrogen and oxygen atoms in total. The number of furan rings is 1. The second kappa shape index (κ2) is 7.13. The molecular formula is C18H22N2O3. The molecule has 0 aliphatic rings. The summed E-state index contributed by atoms with van der Waals surface area (Å²) < 4.78 is 5.11. The highest BCUT2D eigenvalue weighted by Gasteiger charge is 2.18. The Morgan fingerprint density at radius 2 is 1.78 bits per heavy atom. The molecule has 0 bridgehead atoms. The molecular weight excluding hydrogens is 292 g/mol. The first-order valence-electron chi connectivity index (χ1n) is 7.57. The average molecular weight is 314 g/mol. The molecule has 2 aromatic rings. The van der Waals surface area contributed by atoms with Gasteiger partial charge in [0.05, 0.1) is 18.8 Å². The molecule has 0 saturated carbocycles. The monoisotopic (exact) mass is 314 g/mol. The fraction of sp³-hybridized carbons (Fsp3) is 0.333. The van der Waals surface area contributed by atoms with Gasteiger partial charge in [-0.05, 0) is 62.1 Å². The van der Waals surface area contributed by atoms with Crippen LogP contribution in [0.15, 0.2) is 34.9 Å². The van der Waals surface area contributed by atoms with E-state index >= 15 is 0 Å². The van der Waals surface area contributed by atoms with Crippen LogP contribution in [0.3, 0.4) is 0 Å². The highest BCUT2D eigenvalue weighted by molar-refractivity contribution is 6.35. The number of rotatable bonds is 4. The lowest BCUT2D eigenvalue weighted by Crippen LogP contribution is -2.40. The molecule has 2 N–H and O–H groups in total. The molecule has 122 valence electrons. The summed E-state index contributed by atoms with van der Waals surface area (Å²) in [5, 5.41) is 5.26. The van der Waals surface area contributed by atoms with Gasteiger partial charge in [-0.15, -0.1) is 0 Å². The summed E-state index contributed by atoms with van der Waals surface area (Å²) in [6.07, 6.45) is 1.52. The molecule has 23 heavy (non-hydrogen) atoms. The van der Waals surface area contributed by atoms with Crippen LogP contribution in [0, 0.1) is 20.8 Å². The number of hydrogen-bond acceptors (Lipinski definition) is 3. The van der Waals surface area contributed by atoms with E-state index in [4.69, 9.17) is 4.42 Å². The Morgan fingerprint density at radius 1 is 1.09 bits per heavy atom. The minimum absolute atomic E-state index is 0.191. The van der Waals surface area contributed by atoms with Gasteiger partial charge in [0.2, 0.25) is 0 Å². The van der Waals surface area contributed by atoms with Crippen LogP contribution < -0.4 is 10.6 Å². The van der Waals surface area contributed by atoms with E-state index in [1.54, 1.807) is 12.1 Å². The van der Waals surface area contributed by atoms with Crippen molar-refractivity contribution in [1.82, 2.24) is 10.6 Å². The van der Waals surface area contributed by atoms with Gasteiger partial charge in [0.15, 0.2) is 0 Å². The highest BCUT2D eigenvalue weighted by Crippen LogP contribution is 2.21. The molecule has 1 aromatic carbocycles. The predicted octanol–water partition coefficient (Wildman–Crippen LogP) is 2.70. The maximum Gasteiger partial charge on any atom is 0.309 e. The minimum atomic E-state index is -0.672. The number of amides is 2. The van der Waals surface area contributed by atoms with Gasteiger partial charge in [-0.3, -0.25) is 9.59 Å². The Hall–Kier alpha value is -2.56. The standard InChI is InChI=1S/C18H22N2O3/c1-11-8-13(3)16(9-12(11)2)14(4)20-18(22)17(21)19-10-15-6-5-7-23-15/h5-9,14H,10H2,1-4H3,(H,19,21)(H,20,22)/t14-/m1/s1. The molecule has 0 aliphatic carbocycles. The Balaban J connectivity index is 1.96. The minimum Gasteiger partial charge on any atom is -0.467 e. The molecule has 1 aromatic heterocycles. The summed E-state index contributed by atoms with van der Waals surface area (Å²) in [5.41, 5.74) is 4.48. The van der Waals surface area contributed by atoms with E-state index in [1.165, 1.54) is 11.8 Å². The number of hydrogen-bond donors (Lipinski definition) is 2. The Bertz CT molecular complexity index is 705. The zero-order valence-corrected chi connectivity index (χ0v) is 13.9. The molecule has 0 spiro atoms. The van der Waals surface area contributed by atoms with Crippen molar-refractivity contribution in [2.75, 3.05) is 0 Å². The van der Waals surface area contributed by atoms with Gasteiger partial charge < -0.3 is 15.1 Å². The van der Waals surface area contributed by atoms with E-state index in [0.717, 1.165) is 16.7 Å². The molecule has 1 heterocycles. The number of nitrogens with one attached hydrogen (secondary N) is 2. The maximum atomic E-state index is 12.0. The molecule has 0 unspecified atom stereocenters. The van der Waals surface area contributed by atoms with Crippen molar-refractivity contribution in [3.8, 4) is 0 Å². The first kappa shape index (κ1) is 16.8. The van der Waals surface area contributed by atoms with Gasteiger partial charge in [-0.1, -0.05) is 12.1 Å². The maximum absolute atomic E-state index is 12.0. The van der Waals surface area contributed by atoms with Crippen LogP contribution in [0.5, 0.6) is 0 Å². The number of benzene rings is 1. The van der Waals surface area contributed by atoms with E-state index in [-0.39, 0.29) is 12.6 Å². The highest BCUT2D eigenvalue weighted by atomic mass is 16.3. The Labute approximate surface area is 136 Å². The van der Waals surface area contributed by atoms with Crippen molar-refractivity contribution in [1.29, 1.82) is 0 Å². The van der Waals surface area contributed by atoms with Gasteiger partial charge >= 0.3 is 11.8 Å². The predicted molar refractivity (Wildman–Crippen MR) is 87.8 cm³/mol. The zero-order valence-electron chi connectivity index (χ0n) is 13.9. The second-order valence-corrected chi connectivity index (χ2v) is 5.75. The van der Waals surface area contributed by atoms with Gasteiger partial charge in [0.1, 0.15) is 5.76 Å². The van der Waals surface area contributed by atoms with Crippen LogP contribution in [0.25, 0.3) is 0 Å². The van der Waals surface area contributed by atoms with Crippen molar-refractivity contribution in [2.45, 2.75) is 40.3 Å². The van der Waals surface area contributed by atoms with Crippen LogP contribution in [0.2, 0.25) is 0 Å². The van der Waals surface area contributed by atoms with Crippen LogP contribution in [0.4, 0.5) is 0 Å². The summed E-state index contributed by atoms with van der Waals surface area (Å²) in [4.78, 5) is 23.8. The van der Waals surface area contributed by atoms with Crippen LogP contribution >= 0.6 is 0 Å². The van der Waals surface area contributed by atoms with E-state index in [0.29, 0.717) is 5.76 Å². The van der Waals surface area contributed by atoms with Crippen molar-refractivity contribution >= 4 is 11.8 Å². The second-order valence-electron chi connectivity index (χ2n) is 5.75. The van der Waals surface area contributed by atoms with Crippen LogP contribution in [-0.2, 0) is 16.1 Å². The fourth-order valence-electron chi connectivity index (χ4n) is 2.45. The van der Waals surface area contributed by atoms with E-state index < -0.39 is 11.8 Å². The number of carbonyl (C=O) groups excluding carboxylic acids is 2. The topological polar surface area (TPSA) is 71.3 Å². The van der Waals surface area contributed by atoms with E-state index in [2.05, 4.69) is 29.7 Å². The third-order valence-corrected chi connectivity index (χ3v) is 3.91. The number of aryl methyl sites for hydroxylation is 3. The molecule has 1 atom stereocenters. The molecule has 0 fully saturated rings. The molecule has 0 aliphatic heterocycles. The lowest BCUT2D eigenvalue weighted by atomic mass is 9.96. The first-order chi connectivity index (χ1) is 10.9. The third-order valence-electron chi connectivity index (χ3n) is 3.91. The Kier molecular flexibility index (Phi) is 5.21. The average Bonchev–Trinajstić information content (AvgIpc) is 3.01. The first-order valence-corrected chi connectivity index (χ1v) is 7.57. The SMILES string of the molecule is Cc1cc(C)c([C@@H](C)NC(=O)C(=O)NCc2ccco2)cc1C. The summed E-state index contributed by atoms with van der Waals surface area (Å²) in [6, 6.07) is 7.36. The van der Waals surface area contributed by atoms with Gasteiger partial charge in [-0.25, -0.2) is 0 Å². The quantitative estimate of drug-likeness (QED) is 0.852. The van der Waals surface area contributed by atoms with E-state index in [9.17, 15) is 9.59 Å². The van der Waals surface area contributed by atoms with Crippen molar-refractivity contribution in [3.63, 3.8) is 0 Å². The lowest BCUT2D eigenvalue weighted by Gasteiger charge is -2.18. The molecule has 0 saturated heterocycles. The molecule has 2 rings (SSSR count). The fourth-order valence-corrected chi connectivity index (χ4v) is 2.45.